The highest BCUT2D eigenvalue weighted by Gasteiger charge is 2.15. The molecule has 3 heteroatoms. The van der Waals surface area contributed by atoms with Crippen molar-refractivity contribution >= 4 is 34.5 Å². The molecule has 70 valence electrons. The molecule has 1 aromatic carbocycles. The number of nitrogens with one attached hydrogen (secondary N) is 1. The Hall–Kier alpha value is -1.41. The summed E-state index contributed by atoms with van der Waals surface area (Å²) in [5.41, 5.74) is 1.95. The predicted molar refractivity (Wildman–Crippen MR) is 58.5 cm³/mol. The second-order valence-corrected chi connectivity index (χ2v) is 3.77. The van der Waals surface area contributed by atoms with Gasteiger partial charge in [-0.05, 0) is 12.1 Å². The summed E-state index contributed by atoms with van der Waals surface area (Å²) in [4.78, 5) is 0. The van der Waals surface area contributed by atoms with Crippen molar-refractivity contribution in [2.75, 3.05) is 11.9 Å². The Morgan fingerprint density at radius 1 is 1.29 bits per heavy atom. The van der Waals surface area contributed by atoms with Crippen LogP contribution >= 0.6 is 11.6 Å². The van der Waals surface area contributed by atoms with Gasteiger partial charge in [-0.25, -0.2) is 0 Å². The summed E-state index contributed by atoms with van der Waals surface area (Å²) in [6.45, 7) is 0.647. The fourth-order valence-electron chi connectivity index (χ4n) is 1.71. The number of rotatable bonds is 0. The van der Waals surface area contributed by atoms with Crippen LogP contribution in [0, 0.1) is 0 Å². The van der Waals surface area contributed by atoms with E-state index < -0.39 is 0 Å². The molecule has 1 N–H and O–H groups in total. The monoisotopic (exact) mass is 205 g/mol. The van der Waals surface area contributed by atoms with Gasteiger partial charge >= 0.3 is 0 Å². The molecule has 1 aromatic heterocycles. The fourth-order valence-corrected chi connectivity index (χ4v) is 1.89. The Morgan fingerprint density at radius 2 is 2.14 bits per heavy atom. The lowest BCUT2D eigenvalue weighted by Gasteiger charge is -2.08. The third kappa shape index (κ3) is 1.04. The summed E-state index contributed by atoms with van der Waals surface area (Å²) in [5, 5.41) is 5.05. The molecule has 0 saturated carbocycles. The molecule has 2 aromatic rings. The normalized spacial score (nSPS) is 14.8. The summed E-state index contributed by atoms with van der Waals surface area (Å²) in [7, 11) is 0. The van der Waals surface area contributed by atoms with Gasteiger partial charge in [-0.3, -0.25) is 0 Å². The highest BCUT2D eigenvalue weighted by atomic mass is 35.5. The Balaban J connectivity index is 2.37. The maximum absolute atomic E-state index is 5.96. The summed E-state index contributed by atoms with van der Waals surface area (Å²) >= 11 is 5.96. The van der Waals surface area contributed by atoms with Crippen LogP contribution in [0.4, 0.5) is 5.88 Å². The van der Waals surface area contributed by atoms with Crippen LogP contribution < -0.4 is 5.32 Å². The lowest BCUT2D eigenvalue weighted by molar-refractivity contribution is 0.628. The van der Waals surface area contributed by atoms with Crippen LogP contribution in [-0.2, 0) is 0 Å². The first-order valence-electron chi connectivity index (χ1n) is 4.46. The van der Waals surface area contributed by atoms with Gasteiger partial charge in [-0.2, -0.15) is 0 Å². The molecule has 0 bridgehead atoms. The van der Waals surface area contributed by atoms with Crippen LogP contribution in [0.5, 0.6) is 0 Å². The predicted octanol–water partition coefficient (Wildman–Crippen LogP) is 3.44. The van der Waals surface area contributed by atoms with Gasteiger partial charge in [0.2, 0.25) is 5.88 Å². The highest BCUT2D eigenvalue weighted by molar-refractivity contribution is 6.32. The van der Waals surface area contributed by atoms with Crippen LogP contribution in [0.15, 0.2) is 33.7 Å². The quantitative estimate of drug-likeness (QED) is 0.713. The molecule has 14 heavy (non-hydrogen) atoms. The van der Waals surface area contributed by atoms with Crippen molar-refractivity contribution in [2.24, 2.45) is 0 Å². The van der Waals surface area contributed by atoms with Crippen molar-refractivity contribution < 1.29 is 4.42 Å². The summed E-state index contributed by atoms with van der Waals surface area (Å²) in [6.07, 6.45) is 1.96. The minimum atomic E-state index is 0.647. The average Bonchev–Trinajstić information content (AvgIpc) is 2.56. The lowest BCUT2D eigenvalue weighted by Crippen LogP contribution is -2.05. The smallest absolute Gasteiger partial charge is 0.201 e. The molecule has 0 amide bonds. The van der Waals surface area contributed by atoms with E-state index in [0.717, 1.165) is 27.4 Å². The molecule has 0 atom stereocenters. The fraction of sp³-hybridized carbons (Fsp3) is 0.0909. The van der Waals surface area contributed by atoms with Crippen LogP contribution in [0.25, 0.3) is 17.0 Å². The molecule has 0 aliphatic carbocycles. The van der Waals surface area contributed by atoms with Gasteiger partial charge in [-0.1, -0.05) is 29.8 Å². The molecule has 2 nitrogen and oxygen atoms in total. The van der Waals surface area contributed by atoms with E-state index in [0.29, 0.717) is 6.54 Å². The molecular weight excluding hydrogens is 198 g/mol. The number of fused-ring (bicyclic) bond motifs is 3. The summed E-state index contributed by atoms with van der Waals surface area (Å²) in [6, 6.07) is 7.94. The average molecular weight is 206 g/mol. The molecule has 3 rings (SSSR count). The van der Waals surface area contributed by atoms with E-state index in [1.54, 1.807) is 0 Å². The van der Waals surface area contributed by atoms with Gasteiger partial charge in [0, 0.05) is 16.0 Å². The number of benzene rings is 1. The van der Waals surface area contributed by atoms with E-state index in [2.05, 4.69) is 5.32 Å². The Bertz CT molecular complexity index is 527. The first-order valence-corrected chi connectivity index (χ1v) is 4.84. The van der Waals surface area contributed by atoms with Crippen LogP contribution in [-0.4, -0.2) is 6.54 Å². The van der Waals surface area contributed by atoms with Crippen molar-refractivity contribution in [3.05, 3.63) is 34.9 Å². The Morgan fingerprint density at radius 3 is 3.07 bits per heavy atom. The minimum Gasteiger partial charge on any atom is -0.440 e. The first-order chi connectivity index (χ1) is 6.84. The molecular formula is C11H8ClNO. The number of hydrogen-bond donors (Lipinski definition) is 1. The molecule has 1 aliphatic rings. The zero-order valence-corrected chi connectivity index (χ0v) is 8.14. The Labute approximate surface area is 86.2 Å². The summed E-state index contributed by atoms with van der Waals surface area (Å²) in [5.74, 6) is 0.815. The van der Waals surface area contributed by atoms with E-state index in [9.17, 15) is 0 Å². The molecule has 1 aliphatic heterocycles. The van der Waals surface area contributed by atoms with E-state index in [4.69, 9.17) is 16.0 Å². The van der Waals surface area contributed by atoms with Crippen molar-refractivity contribution in [2.45, 2.75) is 0 Å². The van der Waals surface area contributed by atoms with Gasteiger partial charge < -0.3 is 9.73 Å². The van der Waals surface area contributed by atoms with Crippen LogP contribution in [0.1, 0.15) is 5.56 Å². The first kappa shape index (κ1) is 7.94. The summed E-state index contributed by atoms with van der Waals surface area (Å²) < 4.78 is 5.62. The van der Waals surface area contributed by atoms with Crippen molar-refractivity contribution in [3.63, 3.8) is 0 Å². The van der Waals surface area contributed by atoms with Gasteiger partial charge in [0.15, 0.2) is 0 Å². The van der Waals surface area contributed by atoms with Crippen LogP contribution in [0.2, 0.25) is 0 Å². The number of furan rings is 1. The Kier molecular flexibility index (Phi) is 1.58. The maximum atomic E-state index is 5.96. The van der Waals surface area contributed by atoms with Gasteiger partial charge in [0.05, 0.1) is 6.54 Å². The number of anilines is 1. The van der Waals surface area contributed by atoms with Crippen LogP contribution in [0.3, 0.4) is 0 Å². The van der Waals surface area contributed by atoms with E-state index in [1.165, 1.54) is 0 Å². The maximum Gasteiger partial charge on any atom is 0.201 e. The third-order valence-corrected chi connectivity index (χ3v) is 2.60. The number of hydrogen-bond acceptors (Lipinski definition) is 2. The van der Waals surface area contributed by atoms with E-state index in [-0.39, 0.29) is 0 Å². The molecule has 0 unspecified atom stereocenters. The van der Waals surface area contributed by atoms with Gasteiger partial charge in [0.1, 0.15) is 5.58 Å². The second kappa shape index (κ2) is 2.79. The molecule has 0 spiro atoms. The van der Waals surface area contributed by atoms with Crippen molar-refractivity contribution in [3.8, 4) is 0 Å². The largest absolute Gasteiger partial charge is 0.440 e. The number of para-hydroxylation sites is 1. The number of halogens is 1. The van der Waals surface area contributed by atoms with E-state index >= 15 is 0 Å². The molecule has 2 heterocycles. The standard InChI is InChI=1S/C11H8ClNO/c12-7-5-9-8-3-1-2-4-10(8)14-11(9)13-6-7/h1-5,13H,6H2. The molecule has 0 fully saturated rings. The minimum absolute atomic E-state index is 0.647. The third-order valence-electron chi connectivity index (χ3n) is 2.35. The zero-order chi connectivity index (χ0) is 9.54. The SMILES string of the molecule is ClC1=Cc2c(oc3ccccc23)NC1. The van der Waals surface area contributed by atoms with Gasteiger partial charge in [0.25, 0.3) is 0 Å². The van der Waals surface area contributed by atoms with Crippen molar-refractivity contribution in [1.82, 2.24) is 0 Å². The van der Waals surface area contributed by atoms with Crippen molar-refractivity contribution in [1.29, 1.82) is 0 Å². The highest BCUT2D eigenvalue weighted by Crippen LogP contribution is 2.34. The molecule has 0 radical (unpaired) electrons. The topological polar surface area (TPSA) is 25.2 Å². The zero-order valence-electron chi connectivity index (χ0n) is 7.38. The molecule has 0 saturated heterocycles. The lowest BCUT2D eigenvalue weighted by atomic mass is 10.1. The van der Waals surface area contributed by atoms with Gasteiger partial charge in [-0.15, -0.1) is 0 Å². The second-order valence-electron chi connectivity index (χ2n) is 3.29. The van der Waals surface area contributed by atoms with E-state index in [1.807, 2.05) is 30.3 Å².